The summed E-state index contributed by atoms with van der Waals surface area (Å²) in [6, 6.07) is 10.2. The van der Waals surface area contributed by atoms with Gasteiger partial charge in [0.25, 0.3) is 0 Å². The number of carbonyl (C=O) groups is 7. The third-order valence-corrected chi connectivity index (χ3v) is 9.91. The van der Waals surface area contributed by atoms with E-state index in [2.05, 4.69) is 26.3 Å². The summed E-state index contributed by atoms with van der Waals surface area (Å²) < 4.78 is 0. The number of hydrogen-bond acceptors (Lipinski definition) is 9. The largest absolute Gasteiger partial charge is 0.370 e. The van der Waals surface area contributed by atoms with Crippen LogP contribution in [-0.2, 0) is 46.4 Å². The van der Waals surface area contributed by atoms with Crippen molar-refractivity contribution in [1.29, 1.82) is 0 Å². The SMILES string of the molecule is CSC=C[C@H](NC(=O)[C@H](CC(C)C)N1CC[C@@H](N)C1=O)C(=O)N[C@@H](CCC(N)=O)C(=O)N[C@@H](Cc1c[nH]c2ccccc12)C(=O)N[C@H](C=O)Cc1ccccc1. The van der Waals surface area contributed by atoms with Gasteiger partial charge >= 0.3 is 0 Å². The normalized spacial score (nSPS) is 16.9. The molecular formula is C40H52N8O7S. The molecule has 9 N–H and O–H groups in total. The number of hydrogen-bond donors (Lipinski definition) is 7. The first-order chi connectivity index (χ1) is 26.8. The number of nitrogens with zero attached hydrogens (tertiary/aromatic N) is 1. The Hall–Kier alpha value is -5.48. The van der Waals surface area contributed by atoms with E-state index in [0.717, 1.165) is 16.5 Å². The van der Waals surface area contributed by atoms with Gasteiger partial charge in [0.2, 0.25) is 35.4 Å². The number of nitrogens with two attached hydrogens (primary N) is 2. The molecule has 6 atom stereocenters. The number of primary amides is 1. The predicted octanol–water partition coefficient (Wildman–Crippen LogP) is 1.21. The minimum Gasteiger partial charge on any atom is -0.370 e. The van der Waals surface area contributed by atoms with E-state index < -0.39 is 65.8 Å². The van der Waals surface area contributed by atoms with Gasteiger partial charge in [-0.25, -0.2) is 0 Å². The van der Waals surface area contributed by atoms with Crippen molar-refractivity contribution in [2.45, 2.75) is 88.6 Å². The highest BCUT2D eigenvalue weighted by molar-refractivity contribution is 8.01. The fraction of sp³-hybridized carbons (Fsp3) is 0.425. The van der Waals surface area contributed by atoms with Crippen molar-refractivity contribution >= 4 is 64.4 Å². The van der Waals surface area contributed by atoms with E-state index in [-0.39, 0.29) is 37.5 Å². The van der Waals surface area contributed by atoms with E-state index in [0.29, 0.717) is 31.2 Å². The fourth-order valence-corrected chi connectivity index (χ4v) is 6.88. The van der Waals surface area contributed by atoms with Crippen LogP contribution in [0.1, 0.15) is 50.7 Å². The molecule has 1 aliphatic rings. The van der Waals surface area contributed by atoms with Gasteiger partial charge in [0.15, 0.2) is 0 Å². The summed E-state index contributed by atoms with van der Waals surface area (Å²) in [6.07, 6.45) is 6.01. The fourth-order valence-electron chi connectivity index (χ4n) is 6.57. The minimum absolute atomic E-state index is 0.0141. The molecule has 1 aliphatic heterocycles. The van der Waals surface area contributed by atoms with Gasteiger partial charge in [-0.3, -0.25) is 28.8 Å². The number of carbonyl (C=O) groups excluding carboxylic acids is 7. The molecule has 0 bridgehead atoms. The standard InChI is InChI=1S/C40H52N8O7S/c1-24(2)19-34(48-17-15-29(41)40(48)55)39(54)46-32(16-18-56-3)37(52)45-31(13-14-35(42)50)36(51)47-33(21-26-22-43-30-12-8-7-11-28(26)30)38(53)44-27(23-49)20-25-9-5-4-6-10-25/h4-12,16,18,22-24,27,29,31-34,43H,13-15,17,19-21,41H2,1-3H3,(H2,42,50)(H,44,53)(H,45,52)(H,46,54)(H,47,51)/t27-,29+,31-,32-,33-,34-/m0/s1. The van der Waals surface area contributed by atoms with Crippen LogP contribution in [0, 0.1) is 5.92 Å². The van der Waals surface area contributed by atoms with Crippen LogP contribution in [0.5, 0.6) is 0 Å². The summed E-state index contributed by atoms with van der Waals surface area (Å²) in [4.78, 5) is 97.1. The minimum atomic E-state index is -1.37. The topological polar surface area (TPSA) is 239 Å². The molecule has 1 fully saturated rings. The zero-order chi connectivity index (χ0) is 40.8. The number of amides is 6. The molecule has 0 aliphatic carbocycles. The van der Waals surface area contributed by atoms with Crippen molar-refractivity contribution in [3.63, 3.8) is 0 Å². The van der Waals surface area contributed by atoms with Crippen LogP contribution in [-0.4, -0.2) is 101 Å². The van der Waals surface area contributed by atoms with E-state index >= 15 is 0 Å². The second-order valence-electron chi connectivity index (χ2n) is 14.3. The molecule has 0 spiro atoms. The smallest absolute Gasteiger partial charge is 0.247 e. The maximum absolute atomic E-state index is 14.1. The van der Waals surface area contributed by atoms with Gasteiger partial charge in [-0.2, -0.15) is 0 Å². The molecule has 0 radical (unpaired) electrons. The third kappa shape index (κ3) is 12.3. The molecule has 300 valence electrons. The molecule has 1 saturated heterocycles. The van der Waals surface area contributed by atoms with Gasteiger partial charge in [0, 0.05) is 36.5 Å². The summed E-state index contributed by atoms with van der Waals surface area (Å²) in [5.74, 6) is -3.82. The number of para-hydroxylation sites is 1. The van der Waals surface area contributed by atoms with Crippen LogP contribution in [0.4, 0.5) is 0 Å². The van der Waals surface area contributed by atoms with Crippen LogP contribution in [0.25, 0.3) is 10.9 Å². The number of likely N-dealkylation sites (tertiary alicyclic amines) is 1. The van der Waals surface area contributed by atoms with Crippen LogP contribution < -0.4 is 32.7 Å². The van der Waals surface area contributed by atoms with Crippen molar-refractivity contribution in [3.8, 4) is 0 Å². The van der Waals surface area contributed by atoms with Crippen LogP contribution >= 0.6 is 11.8 Å². The Morgan fingerprint density at radius 1 is 0.911 bits per heavy atom. The second-order valence-corrected chi connectivity index (χ2v) is 15.0. The Balaban J connectivity index is 1.58. The highest BCUT2D eigenvalue weighted by Gasteiger charge is 2.39. The van der Waals surface area contributed by atoms with Gasteiger partial charge in [-0.05, 0) is 66.5 Å². The molecule has 0 unspecified atom stereocenters. The Morgan fingerprint density at radius 3 is 2.23 bits per heavy atom. The van der Waals surface area contributed by atoms with E-state index in [4.69, 9.17) is 11.5 Å². The van der Waals surface area contributed by atoms with Crippen molar-refractivity contribution in [3.05, 3.63) is 83.4 Å². The summed E-state index contributed by atoms with van der Waals surface area (Å²) >= 11 is 1.27. The molecule has 6 amide bonds. The monoisotopic (exact) mass is 788 g/mol. The van der Waals surface area contributed by atoms with Crippen molar-refractivity contribution in [1.82, 2.24) is 31.2 Å². The van der Waals surface area contributed by atoms with Gasteiger partial charge in [-0.15, -0.1) is 11.8 Å². The summed E-state index contributed by atoms with van der Waals surface area (Å²) in [5.41, 5.74) is 13.7. The van der Waals surface area contributed by atoms with Crippen LogP contribution in [0.3, 0.4) is 0 Å². The lowest BCUT2D eigenvalue weighted by Crippen LogP contribution is -2.59. The molecule has 2 heterocycles. The highest BCUT2D eigenvalue weighted by Crippen LogP contribution is 2.21. The van der Waals surface area contributed by atoms with Crippen LogP contribution in [0.15, 0.2) is 72.3 Å². The number of fused-ring (bicyclic) bond motifs is 1. The summed E-state index contributed by atoms with van der Waals surface area (Å²) in [6.45, 7) is 4.12. The van der Waals surface area contributed by atoms with E-state index in [1.807, 2.05) is 68.4 Å². The quantitative estimate of drug-likeness (QED) is 0.0767. The first-order valence-electron chi connectivity index (χ1n) is 18.6. The molecule has 1 aromatic heterocycles. The first kappa shape index (κ1) is 43.3. The lowest BCUT2D eigenvalue weighted by atomic mass is 10.0. The Bertz CT molecular complexity index is 1880. The first-order valence-corrected chi connectivity index (χ1v) is 19.9. The highest BCUT2D eigenvalue weighted by atomic mass is 32.2. The van der Waals surface area contributed by atoms with E-state index in [1.165, 1.54) is 22.7 Å². The average molecular weight is 789 g/mol. The second kappa shape index (κ2) is 21.0. The molecule has 3 aromatic rings. The van der Waals surface area contributed by atoms with Crippen molar-refractivity contribution in [2.24, 2.45) is 17.4 Å². The summed E-state index contributed by atoms with van der Waals surface area (Å²) in [7, 11) is 0. The van der Waals surface area contributed by atoms with Crippen LogP contribution in [0.2, 0.25) is 0 Å². The van der Waals surface area contributed by atoms with Gasteiger partial charge < -0.3 is 47.4 Å². The molecule has 0 saturated carbocycles. The zero-order valence-corrected chi connectivity index (χ0v) is 32.7. The predicted molar refractivity (Wildman–Crippen MR) is 215 cm³/mol. The number of benzene rings is 2. The maximum Gasteiger partial charge on any atom is 0.247 e. The molecular weight excluding hydrogens is 737 g/mol. The number of thioether (sulfide) groups is 1. The maximum atomic E-state index is 14.1. The summed E-state index contributed by atoms with van der Waals surface area (Å²) in [5, 5.41) is 13.3. The number of H-pyrrole nitrogens is 1. The molecule has 56 heavy (non-hydrogen) atoms. The number of nitrogens with one attached hydrogen (secondary N) is 5. The number of aldehydes is 1. The molecule has 2 aromatic carbocycles. The van der Waals surface area contributed by atoms with E-state index in [9.17, 15) is 33.6 Å². The third-order valence-electron chi connectivity index (χ3n) is 9.48. The van der Waals surface area contributed by atoms with Crippen molar-refractivity contribution in [2.75, 3.05) is 12.8 Å². The van der Waals surface area contributed by atoms with Gasteiger partial charge in [0.1, 0.15) is 30.5 Å². The lowest BCUT2D eigenvalue weighted by molar-refractivity contribution is -0.139. The van der Waals surface area contributed by atoms with Crippen molar-refractivity contribution < 1.29 is 33.6 Å². The number of rotatable bonds is 21. The zero-order valence-electron chi connectivity index (χ0n) is 31.9. The Labute approximate surface area is 330 Å². The number of aromatic amines is 1. The van der Waals surface area contributed by atoms with Gasteiger partial charge in [-0.1, -0.05) is 62.4 Å². The van der Waals surface area contributed by atoms with Gasteiger partial charge in [0.05, 0.1) is 12.1 Å². The Kier molecular flexibility index (Phi) is 16.2. The Morgan fingerprint density at radius 2 is 1.59 bits per heavy atom. The molecule has 15 nitrogen and oxygen atoms in total. The van der Waals surface area contributed by atoms with E-state index in [1.54, 1.807) is 17.9 Å². The lowest BCUT2D eigenvalue weighted by Gasteiger charge is -2.30. The molecule has 16 heteroatoms. The average Bonchev–Trinajstić information content (AvgIpc) is 3.74. The molecule has 4 rings (SSSR count). The number of aromatic nitrogens is 1.